The molecule has 1 amide bonds. The molecule has 2 aromatic carbocycles. The van der Waals surface area contributed by atoms with Gasteiger partial charge >= 0.3 is 0 Å². The average Bonchev–Trinajstić information content (AvgIpc) is 2.54. The van der Waals surface area contributed by atoms with Gasteiger partial charge in [0.1, 0.15) is 11.5 Å². The molecule has 0 spiro atoms. The fraction of sp³-hybridized carbons (Fsp3) is 0.235. The van der Waals surface area contributed by atoms with Crippen LogP contribution >= 0.6 is 0 Å². The molecule has 2 aromatic rings. The molecular weight excluding hydrogens is 266 g/mol. The number of methoxy groups -OCH3 is 2. The predicted molar refractivity (Wildman–Crippen MR) is 81.8 cm³/mol. The Bertz CT molecular complexity index is 588. The molecule has 0 bridgehead atoms. The summed E-state index contributed by atoms with van der Waals surface area (Å²) >= 11 is 0. The molecule has 0 radical (unpaired) electrons. The molecule has 2 rings (SSSR count). The summed E-state index contributed by atoms with van der Waals surface area (Å²) in [6.07, 6.45) is 0. The highest BCUT2D eigenvalue weighted by atomic mass is 16.5. The first kappa shape index (κ1) is 14.9. The van der Waals surface area contributed by atoms with Crippen LogP contribution in [0.2, 0.25) is 0 Å². The Morgan fingerprint density at radius 1 is 1.00 bits per heavy atom. The Morgan fingerprint density at radius 3 is 2.10 bits per heavy atom. The maximum Gasteiger partial charge on any atom is 0.254 e. The lowest BCUT2D eigenvalue weighted by molar-refractivity contribution is 0.0784. The van der Waals surface area contributed by atoms with E-state index in [1.165, 1.54) is 0 Å². The van der Waals surface area contributed by atoms with Crippen LogP contribution in [0.5, 0.6) is 11.5 Å². The largest absolute Gasteiger partial charge is 0.497 e. The Hall–Kier alpha value is -2.49. The summed E-state index contributed by atoms with van der Waals surface area (Å²) in [7, 11) is 4.91. The summed E-state index contributed by atoms with van der Waals surface area (Å²) in [6.45, 7) is 0.555. The average molecular weight is 285 g/mol. The Morgan fingerprint density at radius 2 is 1.57 bits per heavy atom. The maximum absolute atomic E-state index is 12.5. The van der Waals surface area contributed by atoms with Gasteiger partial charge in [0.05, 0.1) is 14.2 Å². The van der Waals surface area contributed by atoms with Gasteiger partial charge in [-0.15, -0.1) is 0 Å². The van der Waals surface area contributed by atoms with Crippen molar-refractivity contribution >= 4 is 5.91 Å². The van der Waals surface area contributed by atoms with Crippen LogP contribution in [0.15, 0.2) is 48.5 Å². The fourth-order valence-electron chi connectivity index (χ4n) is 2.08. The molecule has 0 aliphatic heterocycles. The van der Waals surface area contributed by atoms with Gasteiger partial charge in [0, 0.05) is 25.2 Å². The van der Waals surface area contributed by atoms with Crippen molar-refractivity contribution in [2.45, 2.75) is 6.54 Å². The third kappa shape index (κ3) is 3.75. The van der Waals surface area contributed by atoms with E-state index in [4.69, 9.17) is 9.47 Å². The van der Waals surface area contributed by atoms with Crippen molar-refractivity contribution in [3.63, 3.8) is 0 Å². The molecule has 21 heavy (non-hydrogen) atoms. The van der Waals surface area contributed by atoms with Crippen LogP contribution in [-0.2, 0) is 6.54 Å². The van der Waals surface area contributed by atoms with Crippen molar-refractivity contribution in [1.29, 1.82) is 0 Å². The minimum Gasteiger partial charge on any atom is -0.497 e. The first-order valence-electron chi connectivity index (χ1n) is 6.66. The summed E-state index contributed by atoms with van der Waals surface area (Å²) in [5.74, 6) is 1.13. The molecule has 0 heterocycles. The second-order valence-corrected chi connectivity index (χ2v) is 4.75. The zero-order chi connectivity index (χ0) is 15.2. The summed E-state index contributed by atoms with van der Waals surface area (Å²) in [6, 6.07) is 15.0. The topological polar surface area (TPSA) is 38.8 Å². The van der Waals surface area contributed by atoms with E-state index in [0.29, 0.717) is 23.6 Å². The van der Waals surface area contributed by atoms with Crippen molar-refractivity contribution < 1.29 is 14.3 Å². The zero-order valence-electron chi connectivity index (χ0n) is 12.5. The smallest absolute Gasteiger partial charge is 0.254 e. The number of hydrogen-bond acceptors (Lipinski definition) is 3. The highest BCUT2D eigenvalue weighted by Gasteiger charge is 2.14. The molecule has 0 N–H and O–H groups in total. The monoisotopic (exact) mass is 285 g/mol. The van der Waals surface area contributed by atoms with Crippen LogP contribution in [0.4, 0.5) is 0 Å². The second-order valence-electron chi connectivity index (χ2n) is 4.75. The summed E-state index contributed by atoms with van der Waals surface area (Å²) in [5, 5.41) is 0. The van der Waals surface area contributed by atoms with Crippen LogP contribution in [0, 0.1) is 0 Å². The highest BCUT2D eigenvalue weighted by molar-refractivity contribution is 5.94. The van der Waals surface area contributed by atoms with E-state index < -0.39 is 0 Å². The van der Waals surface area contributed by atoms with Crippen molar-refractivity contribution in [2.75, 3.05) is 21.3 Å². The number of benzene rings is 2. The molecule has 0 aliphatic carbocycles. The van der Waals surface area contributed by atoms with E-state index in [9.17, 15) is 4.79 Å². The molecule has 110 valence electrons. The van der Waals surface area contributed by atoms with Crippen molar-refractivity contribution in [2.24, 2.45) is 0 Å². The molecule has 0 fully saturated rings. The molecule has 0 saturated carbocycles. The number of ether oxygens (including phenoxy) is 2. The number of carbonyl (C=O) groups excluding carboxylic acids is 1. The van der Waals surface area contributed by atoms with Crippen molar-refractivity contribution in [3.8, 4) is 11.5 Å². The number of amides is 1. The first-order chi connectivity index (χ1) is 10.1. The van der Waals surface area contributed by atoms with Crippen LogP contribution in [0.25, 0.3) is 0 Å². The Labute approximate surface area is 124 Å². The third-order valence-electron chi connectivity index (χ3n) is 3.21. The van der Waals surface area contributed by atoms with Crippen LogP contribution < -0.4 is 9.47 Å². The number of carbonyl (C=O) groups is 1. The van der Waals surface area contributed by atoms with Gasteiger partial charge in [0.2, 0.25) is 0 Å². The molecule has 0 aromatic heterocycles. The predicted octanol–water partition coefficient (Wildman–Crippen LogP) is 2.98. The van der Waals surface area contributed by atoms with Gasteiger partial charge in [-0.2, -0.15) is 0 Å². The summed E-state index contributed by atoms with van der Waals surface area (Å²) < 4.78 is 10.4. The van der Waals surface area contributed by atoms with Gasteiger partial charge < -0.3 is 14.4 Å². The Kier molecular flexibility index (Phi) is 4.82. The van der Waals surface area contributed by atoms with Crippen LogP contribution in [0.3, 0.4) is 0 Å². The van der Waals surface area contributed by atoms with Gasteiger partial charge in [0.15, 0.2) is 0 Å². The molecule has 0 atom stereocenters. The third-order valence-corrected chi connectivity index (χ3v) is 3.21. The normalized spacial score (nSPS) is 10.0. The van der Waals surface area contributed by atoms with E-state index in [0.717, 1.165) is 5.56 Å². The zero-order valence-corrected chi connectivity index (χ0v) is 12.5. The molecule has 0 saturated heterocycles. The molecule has 0 unspecified atom stereocenters. The number of hydrogen-bond donors (Lipinski definition) is 0. The SMILES string of the molecule is COc1cc(OC)cc(C(=O)N(C)Cc2ccccc2)c1. The van der Waals surface area contributed by atoms with Gasteiger partial charge in [0.25, 0.3) is 5.91 Å². The lowest BCUT2D eigenvalue weighted by Gasteiger charge is -2.18. The minimum absolute atomic E-state index is 0.0731. The number of rotatable bonds is 5. The molecule has 4 heteroatoms. The maximum atomic E-state index is 12.5. The van der Waals surface area contributed by atoms with E-state index in [-0.39, 0.29) is 5.91 Å². The molecule has 0 aliphatic rings. The van der Waals surface area contributed by atoms with E-state index in [1.807, 2.05) is 30.3 Å². The van der Waals surface area contributed by atoms with E-state index in [2.05, 4.69) is 0 Å². The van der Waals surface area contributed by atoms with Gasteiger partial charge in [-0.25, -0.2) is 0 Å². The van der Waals surface area contributed by atoms with E-state index in [1.54, 1.807) is 44.4 Å². The van der Waals surface area contributed by atoms with Gasteiger partial charge in [-0.3, -0.25) is 4.79 Å². The van der Waals surface area contributed by atoms with Gasteiger partial charge in [-0.05, 0) is 17.7 Å². The standard InChI is InChI=1S/C17H19NO3/c1-18(12-13-7-5-4-6-8-13)17(19)14-9-15(20-2)11-16(10-14)21-3/h4-11H,12H2,1-3H3. The number of nitrogens with zero attached hydrogens (tertiary/aromatic N) is 1. The molecular formula is C17H19NO3. The summed E-state index contributed by atoms with van der Waals surface area (Å²) in [4.78, 5) is 14.2. The summed E-state index contributed by atoms with van der Waals surface area (Å²) in [5.41, 5.74) is 1.63. The quantitative estimate of drug-likeness (QED) is 0.847. The van der Waals surface area contributed by atoms with Crippen molar-refractivity contribution in [3.05, 3.63) is 59.7 Å². The fourth-order valence-corrected chi connectivity index (χ4v) is 2.08. The Balaban J connectivity index is 2.19. The lowest BCUT2D eigenvalue weighted by atomic mass is 10.1. The van der Waals surface area contributed by atoms with E-state index >= 15 is 0 Å². The first-order valence-corrected chi connectivity index (χ1v) is 6.66. The second kappa shape index (κ2) is 6.79. The van der Waals surface area contributed by atoms with Crippen molar-refractivity contribution in [1.82, 2.24) is 4.90 Å². The molecule has 4 nitrogen and oxygen atoms in total. The minimum atomic E-state index is -0.0731. The van der Waals surface area contributed by atoms with Crippen LogP contribution in [-0.4, -0.2) is 32.1 Å². The van der Waals surface area contributed by atoms with Gasteiger partial charge in [-0.1, -0.05) is 30.3 Å². The lowest BCUT2D eigenvalue weighted by Crippen LogP contribution is -2.26. The highest BCUT2D eigenvalue weighted by Crippen LogP contribution is 2.23. The van der Waals surface area contributed by atoms with Crippen LogP contribution in [0.1, 0.15) is 15.9 Å².